The second-order valence-electron chi connectivity index (χ2n) is 7.76. The van der Waals surface area contributed by atoms with Gasteiger partial charge in [0, 0.05) is 24.6 Å². The van der Waals surface area contributed by atoms with Gasteiger partial charge in [0.05, 0.1) is 18.8 Å². The molecule has 3 heterocycles. The minimum atomic E-state index is 0.219. The van der Waals surface area contributed by atoms with Crippen LogP contribution in [-0.4, -0.2) is 53.6 Å². The highest BCUT2D eigenvalue weighted by Crippen LogP contribution is 2.27. The molecule has 0 N–H and O–H groups in total. The van der Waals surface area contributed by atoms with Gasteiger partial charge in [0.2, 0.25) is 11.8 Å². The van der Waals surface area contributed by atoms with Crippen LogP contribution in [0.15, 0.2) is 36.7 Å². The summed E-state index contributed by atoms with van der Waals surface area (Å²) in [5.74, 6) is 1.35. The molecule has 2 aliphatic heterocycles. The summed E-state index contributed by atoms with van der Waals surface area (Å²) in [6.07, 6.45) is 7.54. The van der Waals surface area contributed by atoms with Crippen molar-refractivity contribution in [2.75, 3.05) is 37.7 Å². The fraction of sp³-hybridized carbons (Fsp3) is 0.500. The van der Waals surface area contributed by atoms with Gasteiger partial charge >= 0.3 is 0 Å². The molecule has 28 heavy (non-hydrogen) atoms. The Kier molecular flexibility index (Phi) is 5.86. The van der Waals surface area contributed by atoms with Crippen LogP contribution in [0.4, 0.5) is 5.69 Å². The molecule has 0 atom stereocenters. The maximum Gasteiger partial charge on any atom is 0.241 e. The molecule has 0 aliphatic carbocycles. The molecule has 1 saturated heterocycles. The highest BCUT2D eigenvalue weighted by atomic mass is 16.5. The normalized spacial score (nSPS) is 18.0. The van der Waals surface area contributed by atoms with Crippen molar-refractivity contribution in [2.45, 2.75) is 32.6 Å². The highest BCUT2D eigenvalue weighted by Gasteiger charge is 2.26. The Morgan fingerprint density at radius 3 is 2.75 bits per heavy atom. The third-order valence-electron chi connectivity index (χ3n) is 5.77. The number of carbonyl (C=O) groups excluding carboxylic acids is 1. The molecular weight excluding hydrogens is 352 g/mol. The highest BCUT2D eigenvalue weighted by molar-refractivity contribution is 5.95. The number of hydrogen-bond donors (Lipinski definition) is 0. The van der Waals surface area contributed by atoms with Crippen molar-refractivity contribution in [1.29, 1.82) is 0 Å². The number of hydrogen-bond acceptors (Lipinski definition) is 5. The number of benzene rings is 1. The number of carbonyl (C=O) groups is 1. The summed E-state index contributed by atoms with van der Waals surface area (Å²) in [6.45, 7) is 5.79. The molecule has 0 spiro atoms. The lowest BCUT2D eigenvalue weighted by Crippen LogP contribution is -2.45. The first-order valence-corrected chi connectivity index (χ1v) is 10.2. The van der Waals surface area contributed by atoms with Crippen molar-refractivity contribution in [3.8, 4) is 5.88 Å². The molecule has 0 radical (unpaired) electrons. The summed E-state index contributed by atoms with van der Waals surface area (Å²) < 4.78 is 5.86. The van der Waals surface area contributed by atoms with Crippen molar-refractivity contribution < 1.29 is 9.53 Å². The Bertz CT molecular complexity index is 818. The molecule has 1 amide bonds. The fourth-order valence-corrected chi connectivity index (χ4v) is 4.11. The number of amides is 1. The number of aromatic nitrogens is 2. The monoisotopic (exact) mass is 380 g/mol. The van der Waals surface area contributed by atoms with Gasteiger partial charge in [0.25, 0.3) is 0 Å². The van der Waals surface area contributed by atoms with Crippen LogP contribution in [0.25, 0.3) is 0 Å². The van der Waals surface area contributed by atoms with Crippen LogP contribution in [0.1, 0.15) is 30.5 Å². The predicted octanol–water partition coefficient (Wildman–Crippen LogP) is 2.86. The zero-order chi connectivity index (χ0) is 19.3. The van der Waals surface area contributed by atoms with E-state index < -0.39 is 0 Å². The molecule has 0 unspecified atom stereocenters. The van der Waals surface area contributed by atoms with Crippen molar-refractivity contribution in [3.05, 3.63) is 47.9 Å². The van der Waals surface area contributed by atoms with Gasteiger partial charge in [-0.15, -0.1) is 0 Å². The van der Waals surface area contributed by atoms with Crippen molar-refractivity contribution in [3.63, 3.8) is 0 Å². The fourth-order valence-electron chi connectivity index (χ4n) is 4.11. The van der Waals surface area contributed by atoms with E-state index in [0.717, 1.165) is 56.7 Å². The Labute approximate surface area is 166 Å². The first-order valence-electron chi connectivity index (χ1n) is 10.2. The second-order valence-corrected chi connectivity index (χ2v) is 7.76. The lowest BCUT2D eigenvalue weighted by Gasteiger charge is -2.34. The Hall–Kier alpha value is -2.47. The summed E-state index contributed by atoms with van der Waals surface area (Å²) in [4.78, 5) is 25.6. The van der Waals surface area contributed by atoms with Crippen LogP contribution in [0.5, 0.6) is 5.88 Å². The first-order chi connectivity index (χ1) is 13.7. The van der Waals surface area contributed by atoms with Gasteiger partial charge in [0.1, 0.15) is 0 Å². The van der Waals surface area contributed by atoms with Gasteiger partial charge in [-0.2, -0.15) is 0 Å². The SMILES string of the molecule is Cc1nccnc1OCC1CCN(CC(=O)N2CCCc3ccccc32)CC1. The van der Waals surface area contributed by atoms with Gasteiger partial charge in [-0.25, -0.2) is 4.98 Å². The zero-order valence-corrected chi connectivity index (χ0v) is 16.5. The number of ether oxygens (including phenoxy) is 1. The summed E-state index contributed by atoms with van der Waals surface area (Å²) in [7, 11) is 0. The van der Waals surface area contributed by atoms with E-state index in [1.807, 2.05) is 17.9 Å². The summed E-state index contributed by atoms with van der Waals surface area (Å²) >= 11 is 0. The van der Waals surface area contributed by atoms with E-state index in [1.165, 1.54) is 5.56 Å². The number of nitrogens with zero attached hydrogens (tertiary/aromatic N) is 4. The smallest absolute Gasteiger partial charge is 0.241 e. The van der Waals surface area contributed by atoms with Gasteiger partial charge in [0.15, 0.2) is 0 Å². The molecular formula is C22H28N4O2. The van der Waals surface area contributed by atoms with Crippen molar-refractivity contribution in [2.24, 2.45) is 5.92 Å². The topological polar surface area (TPSA) is 58.6 Å². The molecule has 4 rings (SSSR count). The maximum absolute atomic E-state index is 12.9. The molecule has 2 aromatic rings. The lowest BCUT2D eigenvalue weighted by molar-refractivity contribution is -0.120. The van der Waals surface area contributed by atoms with E-state index in [4.69, 9.17) is 4.74 Å². The summed E-state index contributed by atoms with van der Waals surface area (Å²) in [5.41, 5.74) is 3.21. The molecule has 6 heteroatoms. The molecule has 1 aromatic carbocycles. The quantitative estimate of drug-likeness (QED) is 0.798. The molecule has 1 aromatic heterocycles. The molecule has 148 valence electrons. The molecule has 0 bridgehead atoms. The van der Waals surface area contributed by atoms with E-state index in [0.29, 0.717) is 24.9 Å². The second kappa shape index (κ2) is 8.69. The van der Waals surface area contributed by atoms with E-state index in [9.17, 15) is 4.79 Å². The van der Waals surface area contributed by atoms with Crippen LogP contribution >= 0.6 is 0 Å². The van der Waals surface area contributed by atoms with Crippen LogP contribution in [-0.2, 0) is 11.2 Å². The number of fused-ring (bicyclic) bond motifs is 1. The minimum Gasteiger partial charge on any atom is -0.476 e. The molecule has 1 fully saturated rings. The van der Waals surface area contributed by atoms with Crippen LogP contribution in [0, 0.1) is 12.8 Å². The average molecular weight is 380 g/mol. The van der Waals surface area contributed by atoms with Crippen LogP contribution in [0.2, 0.25) is 0 Å². The summed E-state index contributed by atoms with van der Waals surface area (Å²) in [5, 5.41) is 0. The van der Waals surface area contributed by atoms with Gasteiger partial charge < -0.3 is 9.64 Å². The Morgan fingerprint density at radius 2 is 1.93 bits per heavy atom. The minimum absolute atomic E-state index is 0.219. The van der Waals surface area contributed by atoms with E-state index in [-0.39, 0.29) is 5.91 Å². The number of aryl methyl sites for hydroxylation is 2. The van der Waals surface area contributed by atoms with E-state index in [2.05, 4.69) is 33.1 Å². The van der Waals surface area contributed by atoms with Gasteiger partial charge in [-0.3, -0.25) is 14.7 Å². The van der Waals surface area contributed by atoms with Gasteiger partial charge in [-0.1, -0.05) is 18.2 Å². The Balaban J connectivity index is 1.26. The predicted molar refractivity (Wildman–Crippen MR) is 109 cm³/mol. The summed E-state index contributed by atoms with van der Waals surface area (Å²) in [6, 6.07) is 8.29. The van der Waals surface area contributed by atoms with E-state index >= 15 is 0 Å². The molecule has 6 nitrogen and oxygen atoms in total. The first kappa shape index (κ1) is 18.9. The number of rotatable bonds is 5. The number of para-hydroxylation sites is 1. The van der Waals surface area contributed by atoms with Crippen molar-refractivity contribution >= 4 is 11.6 Å². The third kappa shape index (κ3) is 4.33. The third-order valence-corrected chi connectivity index (χ3v) is 5.77. The van der Waals surface area contributed by atoms with E-state index in [1.54, 1.807) is 12.4 Å². The van der Waals surface area contributed by atoms with Crippen LogP contribution in [0.3, 0.4) is 0 Å². The average Bonchev–Trinajstić information content (AvgIpc) is 2.74. The Morgan fingerprint density at radius 1 is 1.14 bits per heavy atom. The number of anilines is 1. The molecule has 2 aliphatic rings. The standard InChI is InChI=1S/C22H28N4O2/c1-17-22(24-11-10-23-17)28-16-18-8-13-25(14-9-18)15-21(27)26-12-4-6-19-5-2-3-7-20(19)26/h2-3,5,7,10-11,18H,4,6,8-9,12-16H2,1H3. The largest absolute Gasteiger partial charge is 0.476 e. The van der Waals surface area contributed by atoms with Gasteiger partial charge in [-0.05, 0) is 63.2 Å². The maximum atomic E-state index is 12.9. The number of likely N-dealkylation sites (tertiary alicyclic amines) is 1. The molecule has 0 saturated carbocycles. The van der Waals surface area contributed by atoms with Crippen molar-refractivity contribution in [1.82, 2.24) is 14.9 Å². The van der Waals surface area contributed by atoms with Crippen LogP contribution < -0.4 is 9.64 Å². The number of piperidine rings is 1. The zero-order valence-electron chi connectivity index (χ0n) is 16.5. The lowest BCUT2D eigenvalue weighted by atomic mass is 9.97.